The number of fused-ring (bicyclic) bond motifs is 5. The summed E-state index contributed by atoms with van der Waals surface area (Å²) in [4.78, 5) is 5.13. The summed E-state index contributed by atoms with van der Waals surface area (Å²) in [5, 5.41) is 15.5. The normalized spacial score (nSPS) is 19.6. The highest BCUT2D eigenvalue weighted by atomic mass is 16.5. The smallest absolute Gasteiger partial charge is 0.196 e. The lowest BCUT2D eigenvalue weighted by Crippen LogP contribution is -2.44. The second-order valence-corrected chi connectivity index (χ2v) is 10.5. The molecule has 3 unspecified atom stereocenters. The van der Waals surface area contributed by atoms with Gasteiger partial charge in [0.05, 0.1) is 5.69 Å². The molecule has 0 bridgehead atoms. The van der Waals surface area contributed by atoms with Crippen LogP contribution in [0.2, 0.25) is 0 Å². The third kappa shape index (κ3) is 4.28. The van der Waals surface area contributed by atoms with E-state index in [1.54, 1.807) is 0 Å². The average Bonchev–Trinajstić information content (AvgIpc) is 3.50. The third-order valence-electron chi connectivity index (χ3n) is 7.96. The van der Waals surface area contributed by atoms with Gasteiger partial charge in [-0.15, -0.1) is 0 Å². The molecule has 5 heteroatoms. The summed E-state index contributed by atoms with van der Waals surface area (Å²) in [7, 11) is 0. The minimum absolute atomic E-state index is 0.0705. The number of anilines is 1. The number of amidine groups is 1. The molecule has 5 nitrogen and oxygen atoms in total. The Hall–Kier alpha value is -5.13. The number of rotatable bonds is 4. The van der Waals surface area contributed by atoms with E-state index in [-0.39, 0.29) is 18.6 Å². The minimum atomic E-state index is -0.204. The Labute approximate surface area is 238 Å². The number of hydrogen-bond acceptors (Lipinski definition) is 5. The lowest BCUT2D eigenvalue weighted by molar-refractivity contribution is 0.263. The van der Waals surface area contributed by atoms with Gasteiger partial charge in [0.2, 0.25) is 0 Å². The van der Waals surface area contributed by atoms with Gasteiger partial charge in [-0.25, -0.2) is 4.99 Å². The Balaban J connectivity index is 1.20. The minimum Gasteiger partial charge on any atom is -0.464 e. The molecule has 0 aromatic heterocycles. The lowest BCUT2D eigenvalue weighted by Gasteiger charge is -2.32. The zero-order valence-electron chi connectivity index (χ0n) is 22.3. The van der Waals surface area contributed by atoms with Gasteiger partial charge in [-0.3, -0.25) is 5.32 Å². The van der Waals surface area contributed by atoms with Gasteiger partial charge in [-0.1, -0.05) is 121 Å². The topological polar surface area (TPSA) is 57.7 Å². The van der Waals surface area contributed by atoms with Crippen LogP contribution in [0.4, 0.5) is 5.69 Å². The predicted molar refractivity (Wildman–Crippen MR) is 166 cm³/mol. The highest BCUT2D eigenvalue weighted by molar-refractivity contribution is 6.14. The Bertz CT molecular complexity index is 1910. The number of aliphatic imine (C=N–C) groups is 1. The van der Waals surface area contributed by atoms with Crippen molar-refractivity contribution in [3.05, 3.63) is 156 Å². The summed E-state index contributed by atoms with van der Waals surface area (Å²) in [5.41, 5.74) is 5.47. The fourth-order valence-electron chi connectivity index (χ4n) is 5.90. The van der Waals surface area contributed by atoms with Gasteiger partial charge < -0.3 is 15.4 Å². The second-order valence-electron chi connectivity index (χ2n) is 10.5. The monoisotopic (exact) mass is 532 g/mol. The Morgan fingerprint density at radius 2 is 1.24 bits per heavy atom. The van der Waals surface area contributed by atoms with Crippen molar-refractivity contribution in [1.29, 1.82) is 0 Å². The molecule has 3 atom stereocenters. The lowest BCUT2D eigenvalue weighted by atomic mass is 9.98. The van der Waals surface area contributed by atoms with E-state index in [1.165, 1.54) is 5.56 Å². The Kier molecular flexibility index (Phi) is 5.68. The molecule has 2 aliphatic rings. The molecule has 0 amide bonds. The molecule has 0 saturated heterocycles. The number of nitrogens with zero attached hydrogens (tertiary/aromatic N) is 1. The molecule has 41 heavy (non-hydrogen) atoms. The van der Waals surface area contributed by atoms with E-state index in [9.17, 15) is 0 Å². The fourth-order valence-corrected chi connectivity index (χ4v) is 5.90. The quantitative estimate of drug-likeness (QED) is 0.203. The van der Waals surface area contributed by atoms with Crippen LogP contribution in [0.25, 0.3) is 21.5 Å². The van der Waals surface area contributed by atoms with Crippen LogP contribution >= 0.6 is 0 Å². The maximum absolute atomic E-state index is 6.53. The van der Waals surface area contributed by atoms with E-state index in [4.69, 9.17) is 9.73 Å². The molecule has 0 aliphatic carbocycles. The molecule has 8 rings (SSSR count). The summed E-state index contributed by atoms with van der Waals surface area (Å²) >= 11 is 0. The molecule has 0 radical (unpaired) electrons. The summed E-state index contributed by atoms with van der Waals surface area (Å²) in [6.45, 7) is 0. The van der Waals surface area contributed by atoms with Crippen LogP contribution in [0.1, 0.15) is 40.8 Å². The molecular weight excluding hydrogens is 504 g/mol. The van der Waals surface area contributed by atoms with Crippen LogP contribution in [-0.2, 0) is 0 Å². The summed E-state index contributed by atoms with van der Waals surface area (Å²) < 4.78 is 6.53. The maximum Gasteiger partial charge on any atom is 0.196 e. The number of hydrogen-bond donors (Lipinski definition) is 3. The Morgan fingerprint density at radius 3 is 2.00 bits per heavy atom. The zero-order chi connectivity index (χ0) is 27.2. The molecule has 2 heterocycles. The average molecular weight is 533 g/mol. The molecule has 0 fully saturated rings. The van der Waals surface area contributed by atoms with Gasteiger partial charge >= 0.3 is 0 Å². The van der Waals surface area contributed by atoms with Crippen LogP contribution in [0.5, 0.6) is 5.75 Å². The predicted octanol–water partition coefficient (Wildman–Crippen LogP) is 7.83. The van der Waals surface area contributed by atoms with E-state index < -0.39 is 0 Å². The van der Waals surface area contributed by atoms with E-state index in [1.807, 2.05) is 30.3 Å². The van der Waals surface area contributed by atoms with Crippen LogP contribution in [0.3, 0.4) is 0 Å². The van der Waals surface area contributed by atoms with Crippen molar-refractivity contribution >= 4 is 33.1 Å². The first-order chi connectivity index (χ1) is 20.3. The summed E-state index contributed by atoms with van der Waals surface area (Å²) in [5.74, 6) is 1.77. The molecule has 198 valence electrons. The first-order valence-corrected chi connectivity index (χ1v) is 14.0. The van der Waals surface area contributed by atoms with Crippen LogP contribution < -0.4 is 20.7 Å². The van der Waals surface area contributed by atoms with Crippen molar-refractivity contribution in [3.8, 4) is 5.75 Å². The third-order valence-corrected chi connectivity index (χ3v) is 7.96. The van der Waals surface area contributed by atoms with Crippen molar-refractivity contribution in [3.63, 3.8) is 0 Å². The number of ether oxygens (including phenoxy) is 1. The molecular formula is C36H28N4O. The maximum atomic E-state index is 6.53. The van der Waals surface area contributed by atoms with Crippen molar-refractivity contribution < 1.29 is 4.74 Å². The van der Waals surface area contributed by atoms with Crippen LogP contribution in [0, 0.1) is 0 Å². The summed E-state index contributed by atoms with van der Waals surface area (Å²) in [6.07, 6.45) is -0.439. The standard InChI is InChI=1S/C36H28N4O/c1-4-10-24(11-5-1)33-38-34(25-12-6-2-7-13-25)40-35(39-33)28-18-20-29-27(22-28)17-16-23-19-21-30-32(31(23)29)41-36(37-30)26-14-8-3-9-15-26/h1-22,33-34,36-38H,(H,39,40). The van der Waals surface area contributed by atoms with Crippen LogP contribution in [-0.4, -0.2) is 5.84 Å². The first kappa shape index (κ1) is 23.7. The molecule has 6 aromatic carbocycles. The van der Waals surface area contributed by atoms with Crippen molar-refractivity contribution in [2.45, 2.75) is 18.6 Å². The van der Waals surface area contributed by atoms with Gasteiger partial charge in [0.15, 0.2) is 12.0 Å². The van der Waals surface area contributed by atoms with E-state index in [2.05, 4.69) is 119 Å². The van der Waals surface area contributed by atoms with E-state index in [0.717, 1.165) is 55.5 Å². The highest BCUT2D eigenvalue weighted by Gasteiger charge is 2.27. The van der Waals surface area contributed by atoms with Gasteiger partial charge in [-0.2, -0.15) is 0 Å². The van der Waals surface area contributed by atoms with E-state index in [0.29, 0.717) is 0 Å². The molecule has 0 spiro atoms. The van der Waals surface area contributed by atoms with Crippen molar-refractivity contribution in [1.82, 2.24) is 10.6 Å². The molecule has 3 N–H and O–H groups in total. The van der Waals surface area contributed by atoms with Crippen LogP contribution in [0.15, 0.2) is 138 Å². The van der Waals surface area contributed by atoms with Gasteiger partial charge in [0, 0.05) is 16.5 Å². The van der Waals surface area contributed by atoms with Gasteiger partial charge in [0.1, 0.15) is 18.2 Å². The fraction of sp³-hybridized carbons (Fsp3) is 0.0833. The Morgan fingerprint density at radius 1 is 0.585 bits per heavy atom. The van der Waals surface area contributed by atoms with Gasteiger partial charge in [-0.05, 0) is 39.4 Å². The molecule has 6 aromatic rings. The van der Waals surface area contributed by atoms with E-state index >= 15 is 0 Å². The number of nitrogens with one attached hydrogen (secondary N) is 3. The second kappa shape index (κ2) is 9.81. The largest absolute Gasteiger partial charge is 0.464 e. The van der Waals surface area contributed by atoms with Crippen molar-refractivity contribution in [2.75, 3.05) is 5.32 Å². The van der Waals surface area contributed by atoms with Gasteiger partial charge in [0.25, 0.3) is 0 Å². The summed E-state index contributed by atoms with van der Waals surface area (Å²) in [6, 6.07) is 46.4. The molecule has 2 aliphatic heterocycles. The van der Waals surface area contributed by atoms with Crippen molar-refractivity contribution in [2.24, 2.45) is 4.99 Å². The first-order valence-electron chi connectivity index (χ1n) is 14.0. The SMILES string of the molecule is c1ccc(C2N=C(c3ccc4c(ccc5ccc6c(c54)OC(c4ccccc4)N6)c3)NC(c3ccccc3)N2)cc1. The molecule has 0 saturated carbocycles. The highest BCUT2D eigenvalue weighted by Crippen LogP contribution is 2.45. The number of benzene rings is 6. The zero-order valence-corrected chi connectivity index (χ0v) is 22.3.